The van der Waals surface area contributed by atoms with E-state index in [1.54, 1.807) is 0 Å². The normalized spacial score (nSPS) is 13.0. The van der Waals surface area contributed by atoms with Crippen molar-refractivity contribution in [3.05, 3.63) is 83.7 Å². The van der Waals surface area contributed by atoms with Crippen LogP contribution in [0.1, 0.15) is 50.1 Å². The summed E-state index contributed by atoms with van der Waals surface area (Å²) < 4.78 is 8.53. The second-order valence-corrected chi connectivity index (χ2v) is 8.76. The minimum absolute atomic E-state index is 0.0816. The summed E-state index contributed by atoms with van der Waals surface area (Å²) in [7, 11) is 4.19. The van der Waals surface area contributed by atoms with E-state index >= 15 is 0 Å². The fraction of sp³-hybridized carbons (Fsp3) is 0.400. The molecule has 0 radical (unpaired) electrons. The molecule has 3 aromatic rings. The van der Waals surface area contributed by atoms with Crippen LogP contribution in [0.15, 0.2) is 66.9 Å². The number of benzene rings is 2. The standard InChI is InChI=1S/C25H33N3O/c1-25(2,3)24-22(19-26-28(24)21-15-10-7-11-16-21)23(20-13-8-6-9-14-20)29-18-12-17-27(4)5/h6-11,13-16,19,23H,12,17-18H2,1-5H3. The van der Waals surface area contributed by atoms with Crippen LogP contribution in [0, 0.1) is 0 Å². The number of hydrogen-bond acceptors (Lipinski definition) is 3. The van der Waals surface area contributed by atoms with Gasteiger partial charge in [0.1, 0.15) is 6.10 Å². The Kier molecular flexibility index (Phi) is 6.88. The summed E-state index contributed by atoms with van der Waals surface area (Å²) in [5.41, 5.74) is 4.47. The van der Waals surface area contributed by atoms with Crippen LogP contribution in [0.5, 0.6) is 0 Å². The van der Waals surface area contributed by atoms with Gasteiger partial charge in [-0.3, -0.25) is 0 Å². The first-order valence-corrected chi connectivity index (χ1v) is 10.3. The molecule has 1 heterocycles. The first-order chi connectivity index (χ1) is 13.9. The first kappa shape index (κ1) is 21.3. The summed E-state index contributed by atoms with van der Waals surface area (Å²) >= 11 is 0. The third-order valence-electron chi connectivity index (χ3n) is 4.93. The van der Waals surface area contributed by atoms with E-state index in [9.17, 15) is 0 Å². The highest BCUT2D eigenvalue weighted by Gasteiger charge is 2.30. The minimum Gasteiger partial charge on any atom is -0.369 e. The lowest BCUT2D eigenvalue weighted by molar-refractivity contribution is 0.0732. The van der Waals surface area contributed by atoms with Crippen LogP contribution in [0.25, 0.3) is 5.69 Å². The van der Waals surface area contributed by atoms with Crippen LogP contribution >= 0.6 is 0 Å². The summed E-state index contributed by atoms with van der Waals surface area (Å²) in [6.07, 6.45) is 2.84. The zero-order valence-corrected chi connectivity index (χ0v) is 18.3. The van der Waals surface area contributed by atoms with E-state index in [1.165, 1.54) is 5.69 Å². The Bertz CT molecular complexity index is 879. The van der Waals surface area contributed by atoms with E-state index in [-0.39, 0.29) is 11.5 Å². The number of rotatable bonds is 8. The van der Waals surface area contributed by atoms with Crippen molar-refractivity contribution >= 4 is 0 Å². The van der Waals surface area contributed by atoms with Gasteiger partial charge in [-0.1, -0.05) is 69.3 Å². The Balaban J connectivity index is 2.02. The summed E-state index contributed by atoms with van der Waals surface area (Å²) in [6.45, 7) is 8.43. The van der Waals surface area contributed by atoms with Gasteiger partial charge >= 0.3 is 0 Å². The van der Waals surface area contributed by atoms with E-state index in [2.05, 4.69) is 93.0 Å². The van der Waals surface area contributed by atoms with E-state index < -0.39 is 0 Å². The molecule has 154 valence electrons. The van der Waals surface area contributed by atoms with E-state index in [4.69, 9.17) is 9.84 Å². The van der Waals surface area contributed by atoms with Gasteiger partial charge in [-0.05, 0) is 44.8 Å². The Hall–Kier alpha value is -2.43. The van der Waals surface area contributed by atoms with Crippen LogP contribution in [0.2, 0.25) is 0 Å². The molecule has 0 N–H and O–H groups in total. The number of hydrogen-bond donors (Lipinski definition) is 0. The van der Waals surface area contributed by atoms with Crippen molar-refractivity contribution in [2.75, 3.05) is 27.2 Å². The number of aromatic nitrogens is 2. The Morgan fingerprint density at radius 1 is 0.966 bits per heavy atom. The van der Waals surface area contributed by atoms with Gasteiger partial charge in [-0.15, -0.1) is 0 Å². The van der Waals surface area contributed by atoms with Crippen molar-refractivity contribution in [3.63, 3.8) is 0 Å². The molecular formula is C25H33N3O. The first-order valence-electron chi connectivity index (χ1n) is 10.3. The largest absolute Gasteiger partial charge is 0.369 e. The molecule has 1 aromatic heterocycles. The second kappa shape index (κ2) is 9.38. The molecule has 0 amide bonds. The van der Waals surface area contributed by atoms with Gasteiger partial charge in [0.05, 0.1) is 17.6 Å². The molecule has 0 aliphatic heterocycles. The Morgan fingerprint density at radius 3 is 2.17 bits per heavy atom. The molecule has 29 heavy (non-hydrogen) atoms. The fourth-order valence-electron chi connectivity index (χ4n) is 3.64. The molecule has 0 bridgehead atoms. The van der Waals surface area contributed by atoms with Gasteiger partial charge in [0.25, 0.3) is 0 Å². The second-order valence-electron chi connectivity index (χ2n) is 8.76. The molecular weight excluding hydrogens is 358 g/mol. The van der Waals surface area contributed by atoms with Crippen LogP contribution < -0.4 is 0 Å². The van der Waals surface area contributed by atoms with Gasteiger partial charge in [0.2, 0.25) is 0 Å². The number of para-hydroxylation sites is 1. The summed E-state index contributed by atoms with van der Waals surface area (Å²) in [5, 5.41) is 4.78. The number of nitrogens with zero attached hydrogens (tertiary/aromatic N) is 3. The Labute approximate surface area is 175 Å². The van der Waals surface area contributed by atoms with E-state index in [0.717, 1.165) is 29.8 Å². The quantitative estimate of drug-likeness (QED) is 0.493. The van der Waals surface area contributed by atoms with Crippen molar-refractivity contribution in [1.29, 1.82) is 0 Å². The van der Waals surface area contributed by atoms with E-state index in [0.29, 0.717) is 6.61 Å². The zero-order chi connectivity index (χ0) is 20.9. The zero-order valence-electron chi connectivity index (χ0n) is 18.3. The molecule has 1 atom stereocenters. The lowest BCUT2D eigenvalue weighted by Crippen LogP contribution is -2.22. The van der Waals surface area contributed by atoms with E-state index in [1.807, 2.05) is 18.3 Å². The highest BCUT2D eigenvalue weighted by Crippen LogP contribution is 2.36. The summed E-state index contributed by atoms with van der Waals surface area (Å²) in [4.78, 5) is 2.19. The van der Waals surface area contributed by atoms with Crippen molar-refractivity contribution < 1.29 is 4.74 Å². The fourth-order valence-corrected chi connectivity index (χ4v) is 3.64. The number of ether oxygens (including phenoxy) is 1. The highest BCUT2D eigenvalue weighted by molar-refractivity contribution is 5.41. The maximum atomic E-state index is 6.47. The average Bonchev–Trinajstić information content (AvgIpc) is 3.14. The van der Waals surface area contributed by atoms with Crippen LogP contribution in [-0.4, -0.2) is 41.9 Å². The molecule has 1 unspecified atom stereocenters. The molecule has 0 spiro atoms. The third kappa shape index (κ3) is 5.34. The molecule has 0 aliphatic rings. The van der Waals surface area contributed by atoms with Crippen LogP contribution in [0.3, 0.4) is 0 Å². The summed E-state index contributed by atoms with van der Waals surface area (Å²) in [5.74, 6) is 0. The molecule has 3 rings (SSSR count). The van der Waals surface area contributed by atoms with Gasteiger partial charge in [-0.2, -0.15) is 5.10 Å². The molecule has 4 nitrogen and oxygen atoms in total. The van der Waals surface area contributed by atoms with Crippen molar-refractivity contribution in [2.45, 2.75) is 38.7 Å². The minimum atomic E-state index is -0.134. The molecule has 0 fully saturated rings. The predicted molar refractivity (Wildman–Crippen MR) is 120 cm³/mol. The van der Waals surface area contributed by atoms with Crippen LogP contribution in [-0.2, 0) is 10.2 Å². The predicted octanol–water partition coefficient (Wildman–Crippen LogP) is 5.23. The van der Waals surface area contributed by atoms with Crippen molar-refractivity contribution in [2.24, 2.45) is 0 Å². The summed E-state index contributed by atoms with van der Waals surface area (Å²) in [6, 6.07) is 20.8. The molecule has 2 aromatic carbocycles. The molecule has 0 saturated carbocycles. The van der Waals surface area contributed by atoms with Crippen LogP contribution in [0.4, 0.5) is 0 Å². The topological polar surface area (TPSA) is 30.3 Å². The van der Waals surface area contributed by atoms with Gasteiger partial charge in [0.15, 0.2) is 0 Å². The lowest BCUT2D eigenvalue weighted by atomic mass is 9.86. The molecule has 0 aliphatic carbocycles. The maximum absolute atomic E-state index is 6.47. The average molecular weight is 392 g/mol. The third-order valence-corrected chi connectivity index (χ3v) is 4.93. The van der Waals surface area contributed by atoms with Crippen molar-refractivity contribution in [1.82, 2.24) is 14.7 Å². The molecule has 0 saturated heterocycles. The molecule has 4 heteroatoms. The Morgan fingerprint density at radius 2 is 1.59 bits per heavy atom. The monoisotopic (exact) mass is 391 g/mol. The lowest BCUT2D eigenvalue weighted by Gasteiger charge is -2.26. The van der Waals surface area contributed by atoms with Crippen molar-refractivity contribution in [3.8, 4) is 5.69 Å². The highest BCUT2D eigenvalue weighted by atomic mass is 16.5. The SMILES string of the molecule is CN(C)CCCOC(c1ccccc1)c1cnn(-c2ccccc2)c1C(C)(C)C. The van der Waals surface area contributed by atoms with Gasteiger partial charge in [0, 0.05) is 17.6 Å². The van der Waals surface area contributed by atoms with Gasteiger partial charge < -0.3 is 9.64 Å². The maximum Gasteiger partial charge on any atom is 0.111 e. The van der Waals surface area contributed by atoms with Gasteiger partial charge in [-0.25, -0.2) is 4.68 Å². The smallest absolute Gasteiger partial charge is 0.111 e.